The lowest BCUT2D eigenvalue weighted by atomic mass is 10.0. The monoisotopic (exact) mass is 322 g/mol. The minimum absolute atomic E-state index is 0.421. The Hall–Kier alpha value is -1.37. The van der Waals surface area contributed by atoms with Crippen molar-refractivity contribution in [1.29, 1.82) is 0 Å². The Balaban J connectivity index is 1.99. The van der Waals surface area contributed by atoms with Gasteiger partial charge in [0.25, 0.3) is 10.0 Å². The highest BCUT2D eigenvalue weighted by Crippen LogP contribution is 2.33. The molecule has 0 spiro atoms. The quantitative estimate of drug-likeness (QED) is 0.941. The molecule has 0 saturated heterocycles. The maximum Gasteiger partial charge on any atom is 0.273 e. The van der Waals surface area contributed by atoms with E-state index in [-0.39, 0.29) is 0 Å². The van der Waals surface area contributed by atoms with Crippen LogP contribution in [0, 0.1) is 0 Å². The molecule has 4 nitrogen and oxygen atoms in total. The number of thiophene rings is 1. The van der Waals surface area contributed by atoms with Crippen LogP contribution >= 0.6 is 11.3 Å². The number of fused-ring (bicyclic) bond motifs is 1. The summed E-state index contributed by atoms with van der Waals surface area (Å²) in [6, 6.07) is 9.54. The van der Waals surface area contributed by atoms with E-state index in [1.165, 1.54) is 11.3 Å². The predicted octanol–water partition coefficient (Wildman–Crippen LogP) is 2.61. The molecule has 1 N–H and O–H groups in total. The number of para-hydroxylation sites is 1. The molecule has 2 aromatic rings. The van der Waals surface area contributed by atoms with Crippen LogP contribution < -0.4 is 9.62 Å². The summed E-state index contributed by atoms with van der Waals surface area (Å²) in [5, 5.41) is 4.94. The summed E-state index contributed by atoms with van der Waals surface area (Å²) in [6.45, 7) is 1.24. The molecule has 0 amide bonds. The van der Waals surface area contributed by atoms with E-state index < -0.39 is 10.0 Å². The van der Waals surface area contributed by atoms with E-state index >= 15 is 0 Å². The zero-order valence-electron chi connectivity index (χ0n) is 11.9. The second-order valence-electron chi connectivity index (χ2n) is 5.11. The number of hydrogen-bond acceptors (Lipinski definition) is 4. The second-order valence-corrected chi connectivity index (χ2v) is 8.11. The Bertz CT molecular complexity index is 738. The number of hydrogen-bond donors (Lipinski definition) is 1. The van der Waals surface area contributed by atoms with Gasteiger partial charge in [-0.2, -0.15) is 0 Å². The first-order valence-electron chi connectivity index (χ1n) is 6.95. The molecule has 0 fully saturated rings. The molecule has 0 saturated carbocycles. The van der Waals surface area contributed by atoms with Crippen LogP contribution in [0.15, 0.2) is 39.9 Å². The molecular weight excluding hydrogens is 304 g/mol. The molecule has 6 heteroatoms. The Morgan fingerprint density at radius 3 is 2.95 bits per heavy atom. The van der Waals surface area contributed by atoms with E-state index in [0.717, 1.165) is 29.7 Å². The van der Waals surface area contributed by atoms with Gasteiger partial charge < -0.3 is 5.32 Å². The predicted molar refractivity (Wildman–Crippen MR) is 86.4 cm³/mol. The summed E-state index contributed by atoms with van der Waals surface area (Å²) in [7, 11) is -1.59. The van der Waals surface area contributed by atoms with Crippen molar-refractivity contribution in [2.24, 2.45) is 0 Å². The molecule has 1 aromatic carbocycles. The first-order chi connectivity index (χ1) is 10.1. The third kappa shape index (κ3) is 2.71. The van der Waals surface area contributed by atoms with Crippen LogP contribution in [0.4, 0.5) is 5.69 Å². The molecule has 112 valence electrons. The fourth-order valence-electron chi connectivity index (χ4n) is 2.64. The van der Waals surface area contributed by atoms with Gasteiger partial charge in [0.15, 0.2) is 0 Å². The van der Waals surface area contributed by atoms with Gasteiger partial charge in [-0.25, -0.2) is 8.42 Å². The van der Waals surface area contributed by atoms with Gasteiger partial charge in [-0.15, -0.1) is 11.3 Å². The summed E-state index contributed by atoms with van der Waals surface area (Å²) in [5.74, 6) is 0. The van der Waals surface area contributed by atoms with E-state index in [1.54, 1.807) is 10.4 Å². The lowest BCUT2D eigenvalue weighted by Crippen LogP contribution is -2.35. The topological polar surface area (TPSA) is 49.4 Å². The van der Waals surface area contributed by atoms with Crippen LogP contribution in [0.2, 0.25) is 0 Å². The van der Waals surface area contributed by atoms with Crippen LogP contribution in [0.25, 0.3) is 0 Å². The molecule has 1 aliphatic rings. The van der Waals surface area contributed by atoms with E-state index in [9.17, 15) is 8.42 Å². The average molecular weight is 322 g/mol. The zero-order valence-corrected chi connectivity index (χ0v) is 13.5. The summed E-state index contributed by atoms with van der Waals surface area (Å²) in [5.41, 5.74) is 2.94. The largest absolute Gasteiger partial charge is 0.316 e. The molecule has 0 atom stereocenters. The third-order valence-electron chi connectivity index (χ3n) is 3.62. The van der Waals surface area contributed by atoms with Gasteiger partial charge in [-0.05, 0) is 48.5 Å². The molecule has 1 aromatic heterocycles. The van der Waals surface area contributed by atoms with Crippen LogP contribution in [0.1, 0.15) is 17.5 Å². The number of nitrogens with one attached hydrogen (secondary N) is 1. The number of sulfonamides is 1. The van der Waals surface area contributed by atoms with Crippen LogP contribution in [0.3, 0.4) is 0 Å². The molecule has 3 rings (SSSR count). The number of nitrogens with zero attached hydrogens (tertiary/aromatic N) is 1. The Labute approximate surface area is 129 Å². The van der Waals surface area contributed by atoms with Gasteiger partial charge in [0.05, 0.1) is 5.69 Å². The van der Waals surface area contributed by atoms with Crippen molar-refractivity contribution in [2.45, 2.75) is 23.6 Å². The number of anilines is 1. The van der Waals surface area contributed by atoms with Crippen LogP contribution in [-0.4, -0.2) is 22.0 Å². The van der Waals surface area contributed by atoms with Gasteiger partial charge in [0.1, 0.15) is 4.21 Å². The fourth-order valence-corrected chi connectivity index (χ4v) is 5.51. The average Bonchev–Trinajstić information content (AvgIpc) is 2.96. The Morgan fingerprint density at radius 1 is 1.33 bits per heavy atom. The number of rotatable bonds is 4. The van der Waals surface area contributed by atoms with E-state index in [0.29, 0.717) is 17.3 Å². The first kappa shape index (κ1) is 14.6. The summed E-state index contributed by atoms with van der Waals surface area (Å²) in [6.07, 6.45) is 1.81. The smallest absolute Gasteiger partial charge is 0.273 e. The maximum absolute atomic E-state index is 12.9. The standard InChI is InChI=1S/C15H18N2O2S2/c1-16-10-12-9-15(20-11-12)21(18,19)17-8-4-6-13-5-2-3-7-14(13)17/h2-3,5,7,9,11,16H,4,6,8,10H2,1H3. The van der Waals surface area contributed by atoms with Gasteiger partial charge >= 0.3 is 0 Å². The van der Waals surface area contributed by atoms with Gasteiger partial charge in [0, 0.05) is 13.1 Å². The molecule has 0 bridgehead atoms. The summed E-state index contributed by atoms with van der Waals surface area (Å²) >= 11 is 1.30. The van der Waals surface area contributed by atoms with Crippen molar-refractivity contribution in [2.75, 3.05) is 17.9 Å². The molecule has 0 radical (unpaired) electrons. The molecular formula is C15H18N2O2S2. The van der Waals surface area contributed by atoms with E-state index in [1.807, 2.05) is 36.7 Å². The highest BCUT2D eigenvalue weighted by molar-refractivity contribution is 7.94. The lowest BCUT2D eigenvalue weighted by Gasteiger charge is -2.29. The molecule has 21 heavy (non-hydrogen) atoms. The van der Waals surface area contributed by atoms with Crippen molar-refractivity contribution in [3.8, 4) is 0 Å². The highest BCUT2D eigenvalue weighted by atomic mass is 32.2. The molecule has 0 unspecified atom stereocenters. The molecule has 0 aliphatic carbocycles. The minimum atomic E-state index is -3.45. The highest BCUT2D eigenvalue weighted by Gasteiger charge is 2.29. The fraction of sp³-hybridized carbons (Fsp3) is 0.333. The number of benzene rings is 1. The van der Waals surface area contributed by atoms with Crippen molar-refractivity contribution in [3.05, 3.63) is 46.8 Å². The molecule has 2 heterocycles. The summed E-state index contributed by atoms with van der Waals surface area (Å²) < 4.78 is 27.7. The lowest BCUT2D eigenvalue weighted by molar-refractivity contribution is 0.588. The van der Waals surface area contributed by atoms with Crippen molar-refractivity contribution in [1.82, 2.24) is 5.32 Å². The second kappa shape index (κ2) is 5.79. The van der Waals surface area contributed by atoms with Crippen LogP contribution in [-0.2, 0) is 23.0 Å². The van der Waals surface area contributed by atoms with Crippen molar-refractivity contribution >= 4 is 27.0 Å². The number of aryl methyl sites for hydroxylation is 1. The van der Waals surface area contributed by atoms with Crippen molar-refractivity contribution < 1.29 is 8.42 Å². The Kier molecular flexibility index (Phi) is 4.01. The molecule has 1 aliphatic heterocycles. The van der Waals surface area contributed by atoms with Gasteiger partial charge in [-0.3, -0.25) is 4.31 Å². The maximum atomic E-state index is 12.9. The SMILES string of the molecule is CNCc1csc(S(=O)(=O)N2CCCc3ccccc32)c1. The summed E-state index contributed by atoms with van der Waals surface area (Å²) in [4.78, 5) is 0. The van der Waals surface area contributed by atoms with Gasteiger partial charge in [0.2, 0.25) is 0 Å². The third-order valence-corrected chi connectivity index (χ3v) is 6.90. The van der Waals surface area contributed by atoms with Crippen molar-refractivity contribution in [3.63, 3.8) is 0 Å². The first-order valence-corrected chi connectivity index (χ1v) is 9.27. The Morgan fingerprint density at radius 2 is 2.14 bits per heavy atom. The normalized spacial score (nSPS) is 15.0. The van der Waals surface area contributed by atoms with E-state index in [4.69, 9.17) is 0 Å². The minimum Gasteiger partial charge on any atom is -0.316 e. The van der Waals surface area contributed by atoms with E-state index in [2.05, 4.69) is 5.32 Å². The van der Waals surface area contributed by atoms with Gasteiger partial charge in [-0.1, -0.05) is 18.2 Å². The van der Waals surface area contributed by atoms with Crippen LogP contribution in [0.5, 0.6) is 0 Å². The zero-order chi connectivity index (χ0) is 14.9.